The van der Waals surface area contributed by atoms with Crippen molar-refractivity contribution in [3.8, 4) is 0 Å². The Hall–Kier alpha value is -1.88. The number of benzene rings is 1. The summed E-state index contributed by atoms with van der Waals surface area (Å²) in [6, 6.07) is 8.80. The van der Waals surface area contributed by atoms with Crippen molar-refractivity contribution in [2.45, 2.75) is 58.8 Å². The van der Waals surface area contributed by atoms with E-state index in [-0.39, 0.29) is 0 Å². The summed E-state index contributed by atoms with van der Waals surface area (Å²) >= 11 is 0. The number of carbonyl (C=O) groups is 1. The molecule has 0 saturated heterocycles. The molecule has 0 bridgehead atoms. The molecule has 0 aliphatic rings. The van der Waals surface area contributed by atoms with Gasteiger partial charge in [0, 0.05) is 13.0 Å². The van der Waals surface area contributed by atoms with Crippen LogP contribution in [-0.4, -0.2) is 36.3 Å². The molecule has 140 valence electrons. The minimum absolute atomic E-state index is 0.361. The van der Waals surface area contributed by atoms with Gasteiger partial charge in [0.25, 0.3) is 0 Å². The molecule has 0 heterocycles. The fourth-order valence-corrected chi connectivity index (χ4v) is 2.55. The van der Waals surface area contributed by atoms with Crippen LogP contribution in [0.15, 0.2) is 35.5 Å². The van der Waals surface area contributed by atoms with Crippen molar-refractivity contribution in [1.29, 1.82) is 0 Å². The molecule has 0 spiro atoms. The minimum Gasteiger partial charge on any atom is -0.384 e. The Kier molecular flexibility index (Phi) is 11.4. The van der Waals surface area contributed by atoms with Crippen LogP contribution in [0.3, 0.4) is 0 Å². The van der Waals surface area contributed by atoms with Crippen LogP contribution in [0.25, 0.3) is 0 Å². The summed E-state index contributed by atoms with van der Waals surface area (Å²) in [5, 5.41) is 3.78. The third kappa shape index (κ3) is 9.87. The summed E-state index contributed by atoms with van der Waals surface area (Å²) in [5.41, 5.74) is 6.38. The third-order valence-electron chi connectivity index (χ3n) is 4.10. The molecule has 5 nitrogen and oxygen atoms in total. The average Bonchev–Trinajstić information content (AvgIpc) is 2.64. The smallest absolute Gasteiger partial charge is 0.365 e. The molecule has 1 aromatic rings. The van der Waals surface area contributed by atoms with Crippen molar-refractivity contribution in [3.05, 3.63) is 35.9 Å². The number of hydrogen-bond acceptors (Lipinski definition) is 4. The highest BCUT2D eigenvalue weighted by Crippen LogP contribution is 2.05. The Balaban J connectivity index is 2.40. The predicted molar refractivity (Wildman–Crippen MR) is 104 cm³/mol. The van der Waals surface area contributed by atoms with Crippen LogP contribution < -0.4 is 5.73 Å². The Bertz CT molecular complexity index is 493. The second-order valence-electron chi connectivity index (χ2n) is 6.33. The molecule has 0 aromatic heterocycles. The number of rotatable bonds is 13. The van der Waals surface area contributed by atoms with Crippen LogP contribution in [0.1, 0.15) is 69.2 Å². The van der Waals surface area contributed by atoms with E-state index in [0.29, 0.717) is 17.8 Å². The molecule has 0 saturated carbocycles. The van der Waals surface area contributed by atoms with E-state index >= 15 is 0 Å². The number of oxime groups is 1. The summed E-state index contributed by atoms with van der Waals surface area (Å²) in [6.07, 6.45) is 7.99. The van der Waals surface area contributed by atoms with Gasteiger partial charge in [0.1, 0.15) is 5.84 Å². The second kappa shape index (κ2) is 13.4. The number of unbranched alkanes of at least 4 members (excludes halogenated alkanes) is 4. The van der Waals surface area contributed by atoms with Crippen LogP contribution >= 0.6 is 0 Å². The zero-order valence-corrected chi connectivity index (χ0v) is 15.7. The normalized spacial score (nSPS) is 11.7. The first kappa shape index (κ1) is 21.2. The fraction of sp³-hybridized carbons (Fsp3) is 0.600. The molecule has 2 N–H and O–H groups in total. The van der Waals surface area contributed by atoms with Crippen molar-refractivity contribution in [3.63, 3.8) is 0 Å². The van der Waals surface area contributed by atoms with Gasteiger partial charge in [-0.15, -0.1) is 0 Å². The number of nitrogens with zero attached hydrogens (tertiary/aromatic N) is 2. The maximum absolute atomic E-state index is 11.8. The molecule has 5 heteroatoms. The maximum atomic E-state index is 11.8. The molecule has 0 amide bonds. The van der Waals surface area contributed by atoms with Gasteiger partial charge in [-0.25, -0.2) is 4.79 Å². The van der Waals surface area contributed by atoms with E-state index in [0.717, 1.165) is 19.6 Å². The number of carbonyl (C=O) groups excluding carboxylic acids is 1. The van der Waals surface area contributed by atoms with Gasteiger partial charge in [0.15, 0.2) is 0 Å². The number of hydrogen-bond donors (Lipinski definition) is 1. The van der Waals surface area contributed by atoms with Crippen LogP contribution in [0.5, 0.6) is 0 Å². The van der Waals surface area contributed by atoms with Crippen LogP contribution in [0.2, 0.25) is 0 Å². The van der Waals surface area contributed by atoms with Gasteiger partial charge in [0.05, 0.1) is 5.56 Å². The second-order valence-corrected chi connectivity index (χ2v) is 6.33. The molecule has 1 rings (SSSR count). The first-order valence-corrected chi connectivity index (χ1v) is 9.48. The van der Waals surface area contributed by atoms with Crippen LogP contribution in [0, 0.1) is 0 Å². The van der Waals surface area contributed by atoms with Gasteiger partial charge in [-0.1, -0.05) is 62.9 Å². The molecule has 0 aliphatic carbocycles. The number of amidine groups is 1. The van der Waals surface area contributed by atoms with E-state index < -0.39 is 5.97 Å². The van der Waals surface area contributed by atoms with Crippen molar-refractivity contribution in [1.82, 2.24) is 4.90 Å². The van der Waals surface area contributed by atoms with Crippen molar-refractivity contribution < 1.29 is 9.63 Å². The summed E-state index contributed by atoms with van der Waals surface area (Å²) in [7, 11) is 0. The van der Waals surface area contributed by atoms with E-state index in [1.54, 1.807) is 24.3 Å². The Morgan fingerprint density at radius 3 is 2.16 bits per heavy atom. The summed E-state index contributed by atoms with van der Waals surface area (Å²) in [4.78, 5) is 19.2. The number of nitrogens with two attached hydrogens (primary N) is 1. The zero-order valence-electron chi connectivity index (χ0n) is 15.7. The molecule has 0 radical (unpaired) electrons. The lowest BCUT2D eigenvalue weighted by Gasteiger charge is -2.21. The van der Waals surface area contributed by atoms with Gasteiger partial charge >= 0.3 is 5.97 Å². The maximum Gasteiger partial charge on any atom is 0.365 e. The van der Waals surface area contributed by atoms with Gasteiger partial charge < -0.3 is 15.5 Å². The van der Waals surface area contributed by atoms with E-state index in [2.05, 4.69) is 23.9 Å². The first-order valence-electron chi connectivity index (χ1n) is 9.48. The molecule has 25 heavy (non-hydrogen) atoms. The highest BCUT2D eigenvalue weighted by molar-refractivity contribution is 5.90. The Morgan fingerprint density at radius 1 is 1.00 bits per heavy atom. The zero-order chi connectivity index (χ0) is 18.3. The molecule has 0 atom stereocenters. The highest BCUT2D eigenvalue weighted by atomic mass is 16.7. The van der Waals surface area contributed by atoms with Crippen molar-refractivity contribution in [2.75, 3.05) is 19.6 Å². The lowest BCUT2D eigenvalue weighted by molar-refractivity contribution is 0.0514. The topological polar surface area (TPSA) is 67.9 Å². The fourth-order valence-electron chi connectivity index (χ4n) is 2.55. The Morgan fingerprint density at radius 2 is 1.60 bits per heavy atom. The lowest BCUT2D eigenvalue weighted by atomic mass is 10.2. The van der Waals surface area contributed by atoms with Gasteiger partial charge in [-0.2, -0.15) is 0 Å². The summed E-state index contributed by atoms with van der Waals surface area (Å²) in [6.45, 7) is 7.47. The van der Waals surface area contributed by atoms with Gasteiger partial charge in [-0.3, -0.25) is 0 Å². The first-order chi connectivity index (χ1) is 12.2. The molecular weight excluding hydrogens is 314 g/mol. The van der Waals surface area contributed by atoms with Crippen LogP contribution in [-0.2, 0) is 4.84 Å². The minimum atomic E-state index is -0.480. The Labute approximate surface area is 152 Å². The largest absolute Gasteiger partial charge is 0.384 e. The van der Waals surface area contributed by atoms with E-state index in [4.69, 9.17) is 10.6 Å². The molecule has 1 aromatic carbocycles. The summed E-state index contributed by atoms with van der Waals surface area (Å²) in [5.74, 6) is -0.119. The average molecular weight is 348 g/mol. The van der Waals surface area contributed by atoms with E-state index in [1.165, 1.54) is 38.5 Å². The summed E-state index contributed by atoms with van der Waals surface area (Å²) < 4.78 is 0. The molecule has 0 aliphatic heterocycles. The van der Waals surface area contributed by atoms with E-state index in [1.807, 2.05) is 6.07 Å². The molecule has 0 unspecified atom stereocenters. The molecular formula is C20H33N3O2. The van der Waals surface area contributed by atoms with Gasteiger partial charge in [-0.05, 0) is 38.1 Å². The highest BCUT2D eigenvalue weighted by Gasteiger charge is 2.08. The van der Waals surface area contributed by atoms with Crippen LogP contribution in [0.4, 0.5) is 0 Å². The molecule has 0 fully saturated rings. The van der Waals surface area contributed by atoms with Crippen molar-refractivity contribution >= 4 is 11.8 Å². The predicted octanol–water partition coefficient (Wildman–Crippen LogP) is 4.19. The van der Waals surface area contributed by atoms with Crippen molar-refractivity contribution in [2.24, 2.45) is 10.9 Å². The monoisotopic (exact) mass is 347 g/mol. The third-order valence-corrected chi connectivity index (χ3v) is 4.10. The van der Waals surface area contributed by atoms with Gasteiger partial charge in [0.2, 0.25) is 0 Å². The standard InChI is InChI=1S/C20H33N3O2/c1-3-5-10-15-23(16-11-6-4-2)17-14-19(21)22-25-20(24)18-12-8-7-9-13-18/h7-9,12-13H,3-6,10-11,14-17H2,1-2H3,(H2,21,22). The SMILES string of the molecule is CCCCCN(CCCCC)CC/C(N)=N/OC(=O)c1ccccc1. The van der Waals surface area contributed by atoms with E-state index in [9.17, 15) is 4.79 Å². The quantitative estimate of drug-likeness (QED) is 0.191. The lowest BCUT2D eigenvalue weighted by Crippen LogP contribution is -2.30.